The molecule has 0 amide bonds. The van der Waals surface area contributed by atoms with E-state index in [1.54, 1.807) is 6.07 Å². The number of halogens is 1. The van der Waals surface area contributed by atoms with Crippen molar-refractivity contribution in [2.24, 2.45) is 0 Å². The van der Waals surface area contributed by atoms with Gasteiger partial charge in [-0.15, -0.1) is 0 Å². The van der Waals surface area contributed by atoms with Crippen molar-refractivity contribution in [1.29, 1.82) is 0 Å². The lowest BCUT2D eigenvalue weighted by molar-refractivity contribution is -0.133. The summed E-state index contributed by atoms with van der Waals surface area (Å²) in [4.78, 5) is 14.9. The molecule has 0 radical (unpaired) electrons. The molecule has 5 heteroatoms. The second-order valence-corrected chi connectivity index (χ2v) is 5.05. The molecule has 2 rings (SSSR count). The van der Waals surface area contributed by atoms with Gasteiger partial charge in [-0.2, -0.15) is 0 Å². The summed E-state index contributed by atoms with van der Waals surface area (Å²) in [5.41, 5.74) is 1.88. The number of hydrogen-bond acceptors (Lipinski definition) is 3. The zero-order chi connectivity index (χ0) is 12.4. The maximum Gasteiger partial charge on any atom is 0.313 e. The maximum atomic E-state index is 10.5. The molecule has 3 nitrogen and oxygen atoms in total. The van der Waals surface area contributed by atoms with Crippen molar-refractivity contribution in [2.45, 2.75) is 11.9 Å². The third kappa shape index (κ3) is 2.90. The Kier molecular flexibility index (Phi) is 3.54. The molecule has 0 fully saturated rings. The molecule has 0 unspecified atom stereocenters. The van der Waals surface area contributed by atoms with E-state index < -0.39 is 5.97 Å². The first-order valence-corrected chi connectivity index (χ1v) is 6.34. The smallest absolute Gasteiger partial charge is 0.313 e. The van der Waals surface area contributed by atoms with Crippen LogP contribution < -0.4 is 0 Å². The molecule has 0 bridgehead atoms. The van der Waals surface area contributed by atoms with Crippen molar-refractivity contribution in [3.63, 3.8) is 0 Å². The van der Waals surface area contributed by atoms with E-state index in [1.807, 2.05) is 25.1 Å². The van der Waals surface area contributed by atoms with Gasteiger partial charge in [0.25, 0.3) is 0 Å². The molecule has 17 heavy (non-hydrogen) atoms. The number of nitrogens with zero attached hydrogens (tertiary/aromatic N) is 1. The summed E-state index contributed by atoms with van der Waals surface area (Å²) < 4.78 is 0. The van der Waals surface area contributed by atoms with E-state index in [4.69, 9.17) is 16.7 Å². The Bertz CT molecular complexity index is 586. The molecular weight excluding hydrogens is 258 g/mol. The predicted octanol–water partition coefficient (Wildman–Crippen LogP) is 3.37. The number of aryl methyl sites for hydroxylation is 1. The van der Waals surface area contributed by atoms with Crippen LogP contribution in [-0.4, -0.2) is 21.8 Å². The molecule has 0 saturated carbocycles. The molecular formula is C12H10ClNO2S. The Morgan fingerprint density at radius 1 is 1.47 bits per heavy atom. The SMILES string of the molecule is Cc1cc(SCC(=O)O)nc2ccc(Cl)cc12. The molecule has 1 aromatic carbocycles. The van der Waals surface area contributed by atoms with Gasteiger partial charge in [-0.1, -0.05) is 23.4 Å². The molecule has 1 aromatic heterocycles. The number of rotatable bonds is 3. The minimum Gasteiger partial charge on any atom is -0.481 e. The van der Waals surface area contributed by atoms with Crippen LogP contribution in [0.4, 0.5) is 0 Å². The Morgan fingerprint density at radius 2 is 2.24 bits per heavy atom. The Labute approximate surface area is 108 Å². The second kappa shape index (κ2) is 4.94. The first-order valence-electron chi connectivity index (χ1n) is 4.98. The minimum absolute atomic E-state index is 0.0194. The molecule has 0 spiro atoms. The zero-order valence-electron chi connectivity index (χ0n) is 9.11. The zero-order valence-corrected chi connectivity index (χ0v) is 10.7. The van der Waals surface area contributed by atoms with Gasteiger partial charge in [0.05, 0.1) is 16.3 Å². The lowest BCUT2D eigenvalue weighted by Crippen LogP contribution is -1.98. The third-order valence-electron chi connectivity index (χ3n) is 2.30. The fourth-order valence-corrected chi connectivity index (χ4v) is 2.41. The highest BCUT2D eigenvalue weighted by Gasteiger charge is 2.06. The van der Waals surface area contributed by atoms with Crippen LogP contribution in [0.15, 0.2) is 29.3 Å². The number of hydrogen-bond donors (Lipinski definition) is 1. The van der Waals surface area contributed by atoms with Crippen molar-refractivity contribution in [1.82, 2.24) is 4.98 Å². The summed E-state index contributed by atoms with van der Waals surface area (Å²) in [7, 11) is 0. The number of aromatic nitrogens is 1. The highest BCUT2D eigenvalue weighted by Crippen LogP contribution is 2.25. The Morgan fingerprint density at radius 3 is 2.94 bits per heavy atom. The molecule has 0 aliphatic carbocycles. The standard InChI is InChI=1S/C12H10ClNO2S/c1-7-4-11(17-6-12(15)16)14-10-3-2-8(13)5-9(7)10/h2-5H,6H2,1H3,(H,15,16). The average molecular weight is 268 g/mol. The second-order valence-electron chi connectivity index (χ2n) is 3.62. The minimum atomic E-state index is -0.842. The van der Waals surface area contributed by atoms with Crippen molar-refractivity contribution in [3.05, 3.63) is 34.9 Å². The van der Waals surface area contributed by atoms with E-state index in [0.717, 1.165) is 21.5 Å². The lowest BCUT2D eigenvalue weighted by atomic mass is 10.1. The highest BCUT2D eigenvalue weighted by molar-refractivity contribution is 7.99. The summed E-state index contributed by atoms with van der Waals surface area (Å²) in [6.07, 6.45) is 0. The van der Waals surface area contributed by atoms with Crippen LogP contribution in [0.5, 0.6) is 0 Å². The van der Waals surface area contributed by atoms with Gasteiger partial charge in [-0.25, -0.2) is 4.98 Å². The van der Waals surface area contributed by atoms with Gasteiger partial charge in [0, 0.05) is 10.4 Å². The number of thioether (sulfide) groups is 1. The van der Waals surface area contributed by atoms with E-state index in [1.165, 1.54) is 11.8 Å². The molecule has 0 aliphatic heterocycles. The largest absolute Gasteiger partial charge is 0.481 e. The van der Waals surface area contributed by atoms with Gasteiger partial charge < -0.3 is 5.11 Å². The summed E-state index contributed by atoms with van der Waals surface area (Å²) in [6.45, 7) is 1.96. The number of carboxylic acids is 1. The quantitative estimate of drug-likeness (QED) is 0.867. The molecule has 1 heterocycles. The molecule has 2 aromatic rings. The molecule has 0 atom stereocenters. The van der Waals surface area contributed by atoms with Gasteiger partial charge in [-0.3, -0.25) is 4.79 Å². The highest BCUT2D eigenvalue weighted by atomic mass is 35.5. The predicted molar refractivity (Wildman–Crippen MR) is 69.8 cm³/mol. The van der Waals surface area contributed by atoms with E-state index >= 15 is 0 Å². The van der Waals surface area contributed by atoms with Gasteiger partial charge in [-0.05, 0) is 36.8 Å². The molecule has 88 valence electrons. The van der Waals surface area contributed by atoms with Crippen molar-refractivity contribution in [3.8, 4) is 0 Å². The number of fused-ring (bicyclic) bond motifs is 1. The van der Waals surface area contributed by atoms with E-state index in [9.17, 15) is 4.79 Å². The summed E-state index contributed by atoms with van der Waals surface area (Å²) in [5.74, 6) is -0.823. The van der Waals surface area contributed by atoms with Gasteiger partial charge >= 0.3 is 5.97 Å². The van der Waals surface area contributed by atoms with Crippen LogP contribution in [0.1, 0.15) is 5.56 Å². The Hall–Kier alpha value is -1.26. The van der Waals surface area contributed by atoms with Crippen molar-refractivity contribution >= 4 is 40.2 Å². The van der Waals surface area contributed by atoms with E-state index in [2.05, 4.69) is 4.98 Å². The number of pyridine rings is 1. The van der Waals surface area contributed by atoms with Gasteiger partial charge in [0.1, 0.15) is 0 Å². The number of aliphatic carboxylic acids is 1. The van der Waals surface area contributed by atoms with E-state index in [-0.39, 0.29) is 5.75 Å². The number of benzene rings is 1. The van der Waals surface area contributed by atoms with Gasteiger partial charge in [0.15, 0.2) is 0 Å². The fraction of sp³-hybridized carbons (Fsp3) is 0.167. The monoisotopic (exact) mass is 267 g/mol. The van der Waals surface area contributed by atoms with Crippen molar-refractivity contribution < 1.29 is 9.90 Å². The average Bonchev–Trinajstić information content (AvgIpc) is 2.27. The first-order chi connectivity index (χ1) is 8.06. The Balaban J connectivity index is 2.41. The summed E-state index contributed by atoms with van der Waals surface area (Å²) >= 11 is 7.14. The molecule has 0 saturated heterocycles. The first kappa shape index (κ1) is 12.2. The molecule has 0 aliphatic rings. The van der Waals surface area contributed by atoms with E-state index in [0.29, 0.717) is 5.02 Å². The topological polar surface area (TPSA) is 50.2 Å². The van der Waals surface area contributed by atoms with Crippen molar-refractivity contribution in [2.75, 3.05) is 5.75 Å². The third-order valence-corrected chi connectivity index (χ3v) is 3.43. The number of carbonyl (C=O) groups is 1. The normalized spacial score (nSPS) is 10.7. The summed E-state index contributed by atoms with van der Waals surface area (Å²) in [6, 6.07) is 7.37. The van der Waals surface area contributed by atoms with Crippen LogP contribution in [0.2, 0.25) is 5.02 Å². The summed E-state index contributed by atoms with van der Waals surface area (Å²) in [5, 5.41) is 11.0. The van der Waals surface area contributed by atoms with Crippen LogP contribution in [-0.2, 0) is 4.79 Å². The van der Waals surface area contributed by atoms with Crippen LogP contribution in [0.3, 0.4) is 0 Å². The lowest BCUT2D eigenvalue weighted by Gasteiger charge is -2.05. The molecule has 1 N–H and O–H groups in total. The van der Waals surface area contributed by atoms with Crippen LogP contribution in [0.25, 0.3) is 10.9 Å². The van der Waals surface area contributed by atoms with Gasteiger partial charge in [0.2, 0.25) is 0 Å². The van der Waals surface area contributed by atoms with Crippen LogP contribution >= 0.6 is 23.4 Å². The maximum absolute atomic E-state index is 10.5. The number of carboxylic acid groups (broad SMARTS) is 1. The fourth-order valence-electron chi connectivity index (χ4n) is 1.55. The van der Waals surface area contributed by atoms with Crippen LogP contribution in [0, 0.1) is 6.92 Å².